The standard InChI is InChI=1S/C21H22N2OS/c1-15-8-6-11-18(14-15)23-21(24)16(2)22-20(19-12-7-13-25-19)17-9-4-3-5-10-17/h3-14,16,20,22H,1-2H3,(H,23,24)/p+1/t16-,20+/m1/s1. The van der Waals surface area contributed by atoms with E-state index in [9.17, 15) is 4.79 Å². The fourth-order valence-corrected chi connectivity index (χ4v) is 3.69. The molecule has 0 aliphatic heterocycles. The van der Waals surface area contributed by atoms with Crippen molar-refractivity contribution in [2.75, 3.05) is 5.32 Å². The first-order valence-corrected chi connectivity index (χ1v) is 9.32. The van der Waals surface area contributed by atoms with E-state index in [1.807, 2.05) is 56.3 Å². The summed E-state index contributed by atoms with van der Waals surface area (Å²) in [6, 6.07) is 22.3. The maximum absolute atomic E-state index is 12.6. The molecule has 25 heavy (non-hydrogen) atoms. The zero-order valence-corrected chi connectivity index (χ0v) is 15.3. The lowest BCUT2D eigenvalue weighted by Gasteiger charge is -2.19. The van der Waals surface area contributed by atoms with Gasteiger partial charge in [0.25, 0.3) is 5.91 Å². The number of rotatable bonds is 6. The predicted octanol–water partition coefficient (Wildman–Crippen LogP) is 3.74. The first kappa shape index (κ1) is 17.4. The fourth-order valence-electron chi connectivity index (χ4n) is 2.85. The molecule has 4 heteroatoms. The molecule has 0 saturated heterocycles. The smallest absolute Gasteiger partial charge is 0.282 e. The molecule has 3 aromatic rings. The molecule has 2 atom stereocenters. The van der Waals surface area contributed by atoms with Crippen LogP contribution in [0.25, 0.3) is 0 Å². The van der Waals surface area contributed by atoms with E-state index in [4.69, 9.17) is 0 Å². The van der Waals surface area contributed by atoms with Crippen molar-refractivity contribution in [3.8, 4) is 0 Å². The van der Waals surface area contributed by atoms with Crippen LogP contribution in [0.1, 0.15) is 29.0 Å². The third-order valence-electron chi connectivity index (χ3n) is 4.19. The summed E-state index contributed by atoms with van der Waals surface area (Å²) < 4.78 is 0. The largest absolute Gasteiger partial charge is 0.326 e. The van der Waals surface area contributed by atoms with Gasteiger partial charge in [0, 0.05) is 11.3 Å². The molecule has 0 fully saturated rings. The molecule has 1 aromatic heterocycles. The van der Waals surface area contributed by atoms with E-state index >= 15 is 0 Å². The van der Waals surface area contributed by atoms with Crippen LogP contribution in [0.4, 0.5) is 5.69 Å². The number of thiophene rings is 1. The second-order valence-electron chi connectivity index (χ2n) is 6.24. The Kier molecular flexibility index (Phi) is 5.64. The summed E-state index contributed by atoms with van der Waals surface area (Å²) in [6.45, 7) is 3.97. The lowest BCUT2D eigenvalue weighted by Crippen LogP contribution is -2.92. The zero-order valence-electron chi connectivity index (χ0n) is 14.5. The van der Waals surface area contributed by atoms with Gasteiger partial charge >= 0.3 is 0 Å². The second-order valence-corrected chi connectivity index (χ2v) is 7.22. The molecule has 0 aliphatic rings. The van der Waals surface area contributed by atoms with E-state index < -0.39 is 0 Å². The zero-order chi connectivity index (χ0) is 17.6. The molecule has 128 valence electrons. The Hall–Kier alpha value is -2.43. The monoisotopic (exact) mass is 351 g/mol. The number of carbonyl (C=O) groups excluding carboxylic acids is 1. The average molecular weight is 351 g/mol. The van der Waals surface area contributed by atoms with Gasteiger partial charge in [0.2, 0.25) is 0 Å². The number of nitrogens with two attached hydrogens (primary N) is 1. The Labute approximate surface area is 152 Å². The Bertz CT molecular complexity index is 815. The topological polar surface area (TPSA) is 45.7 Å². The van der Waals surface area contributed by atoms with Crippen LogP contribution in [0.2, 0.25) is 0 Å². The normalized spacial score (nSPS) is 13.2. The van der Waals surface area contributed by atoms with Crippen molar-refractivity contribution in [2.24, 2.45) is 0 Å². The highest BCUT2D eigenvalue weighted by Crippen LogP contribution is 2.22. The molecule has 3 nitrogen and oxygen atoms in total. The number of benzene rings is 2. The number of quaternary nitrogens is 1. The van der Waals surface area contributed by atoms with Gasteiger partial charge in [-0.1, -0.05) is 48.5 Å². The quantitative estimate of drug-likeness (QED) is 0.698. The van der Waals surface area contributed by atoms with Gasteiger partial charge < -0.3 is 10.6 Å². The SMILES string of the molecule is Cc1cccc(NC(=O)[C@@H](C)[NH2+][C@@H](c2ccccc2)c2cccs2)c1. The summed E-state index contributed by atoms with van der Waals surface area (Å²) in [5.74, 6) is 0.0167. The Morgan fingerprint density at radius 1 is 1.04 bits per heavy atom. The molecule has 2 aromatic carbocycles. The van der Waals surface area contributed by atoms with Gasteiger partial charge in [0.15, 0.2) is 6.04 Å². The van der Waals surface area contributed by atoms with Gasteiger partial charge in [-0.3, -0.25) is 4.79 Å². The highest BCUT2D eigenvalue weighted by Gasteiger charge is 2.25. The molecule has 3 rings (SSSR count). The first-order valence-electron chi connectivity index (χ1n) is 8.44. The van der Waals surface area contributed by atoms with Gasteiger partial charge in [0.05, 0.1) is 4.88 Å². The van der Waals surface area contributed by atoms with Crippen molar-refractivity contribution in [2.45, 2.75) is 25.9 Å². The van der Waals surface area contributed by atoms with Crippen molar-refractivity contribution in [1.29, 1.82) is 0 Å². The summed E-state index contributed by atoms with van der Waals surface area (Å²) in [7, 11) is 0. The van der Waals surface area contributed by atoms with Gasteiger partial charge in [-0.25, -0.2) is 0 Å². The molecule has 0 bridgehead atoms. The van der Waals surface area contributed by atoms with Crippen LogP contribution in [0.15, 0.2) is 72.1 Å². The van der Waals surface area contributed by atoms with E-state index in [-0.39, 0.29) is 18.0 Å². The molecular formula is C21H23N2OS+. The molecule has 0 unspecified atom stereocenters. The summed E-state index contributed by atoms with van der Waals surface area (Å²) in [5, 5.41) is 7.23. The molecule has 0 saturated carbocycles. The average Bonchev–Trinajstić information content (AvgIpc) is 3.14. The minimum Gasteiger partial charge on any atom is -0.326 e. The number of anilines is 1. The number of aryl methyl sites for hydroxylation is 1. The summed E-state index contributed by atoms with van der Waals surface area (Å²) in [5.41, 5.74) is 3.19. The second kappa shape index (κ2) is 8.10. The number of nitrogens with one attached hydrogen (secondary N) is 1. The lowest BCUT2D eigenvalue weighted by molar-refractivity contribution is -0.703. The van der Waals surface area contributed by atoms with Crippen LogP contribution < -0.4 is 10.6 Å². The Morgan fingerprint density at radius 3 is 2.52 bits per heavy atom. The van der Waals surface area contributed by atoms with Crippen molar-refractivity contribution >= 4 is 22.9 Å². The van der Waals surface area contributed by atoms with Crippen LogP contribution in [0.5, 0.6) is 0 Å². The third-order valence-corrected chi connectivity index (χ3v) is 5.14. The summed E-state index contributed by atoms with van der Waals surface area (Å²) in [6.07, 6.45) is 0. The van der Waals surface area contributed by atoms with Gasteiger partial charge in [-0.2, -0.15) is 0 Å². The first-order chi connectivity index (χ1) is 12.1. The predicted molar refractivity (Wildman–Crippen MR) is 104 cm³/mol. The van der Waals surface area contributed by atoms with E-state index in [0.29, 0.717) is 0 Å². The fraction of sp³-hybridized carbons (Fsp3) is 0.190. The number of hydrogen-bond acceptors (Lipinski definition) is 2. The van der Waals surface area contributed by atoms with Crippen LogP contribution in [-0.4, -0.2) is 11.9 Å². The third kappa shape index (κ3) is 4.56. The molecule has 1 heterocycles. The Balaban J connectivity index is 1.74. The number of carbonyl (C=O) groups is 1. The number of hydrogen-bond donors (Lipinski definition) is 2. The highest BCUT2D eigenvalue weighted by molar-refractivity contribution is 7.10. The van der Waals surface area contributed by atoms with E-state index in [1.165, 1.54) is 10.4 Å². The summed E-state index contributed by atoms with van der Waals surface area (Å²) in [4.78, 5) is 13.9. The maximum Gasteiger partial charge on any atom is 0.282 e. The van der Waals surface area contributed by atoms with E-state index in [0.717, 1.165) is 11.3 Å². The minimum absolute atomic E-state index is 0.0167. The van der Waals surface area contributed by atoms with Crippen LogP contribution >= 0.6 is 11.3 Å². The highest BCUT2D eigenvalue weighted by atomic mass is 32.1. The van der Waals surface area contributed by atoms with E-state index in [1.54, 1.807) is 11.3 Å². The Morgan fingerprint density at radius 2 is 1.84 bits per heavy atom. The van der Waals surface area contributed by atoms with Crippen LogP contribution in [-0.2, 0) is 4.79 Å². The van der Waals surface area contributed by atoms with Crippen LogP contribution in [0, 0.1) is 6.92 Å². The molecule has 0 radical (unpaired) electrons. The van der Waals surface area contributed by atoms with Crippen molar-refractivity contribution in [1.82, 2.24) is 0 Å². The lowest BCUT2D eigenvalue weighted by atomic mass is 10.0. The maximum atomic E-state index is 12.6. The molecule has 1 amide bonds. The van der Waals surface area contributed by atoms with Gasteiger partial charge in [-0.05, 0) is 43.0 Å². The van der Waals surface area contributed by atoms with Crippen molar-refractivity contribution < 1.29 is 10.1 Å². The van der Waals surface area contributed by atoms with Gasteiger partial charge in [0.1, 0.15) is 6.04 Å². The van der Waals surface area contributed by atoms with Crippen LogP contribution in [0.3, 0.4) is 0 Å². The molecule has 0 spiro atoms. The van der Waals surface area contributed by atoms with Gasteiger partial charge in [-0.15, -0.1) is 11.3 Å². The molecular weight excluding hydrogens is 328 g/mol. The van der Waals surface area contributed by atoms with Crippen molar-refractivity contribution in [3.05, 3.63) is 88.1 Å². The number of amides is 1. The minimum atomic E-state index is -0.201. The molecule has 0 aliphatic carbocycles. The van der Waals surface area contributed by atoms with Crippen molar-refractivity contribution in [3.63, 3.8) is 0 Å². The van der Waals surface area contributed by atoms with E-state index in [2.05, 4.69) is 40.3 Å². The molecule has 3 N–H and O–H groups in total. The summed E-state index contributed by atoms with van der Waals surface area (Å²) >= 11 is 1.72.